The number of nitrogens with one attached hydrogen (secondary N) is 1. The van der Waals surface area contributed by atoms with Gasteiger partial charge in [0.2, 0.25) is 0 Å². The van der Waals surface area contributed by atoms with E-state index in [0.717, 1.165) is 35.2 Å². The van der Waals surface area contributed by atoms with Gasteiger partial charge in [-0.3, -0.25) is 10.3 Å². The average Bonchev–Trinajstić information content (AvgIpc) is 2.71. The Morgan fingerprint density at radius 3 is 3.16 bits per heavy atom. The largest absolute Gasteiger partial charge is 0.465 e. The Bertz CT molecular complexity index is 558. The van der Waals surface area contributed by atoms with E-state index in [1.807, 2.05) is 0 Å². The van der Waals surface area contributed by atoms with Crippen LogP contribution in [0.4, 0.5) is 4.79 Å². The molecule has 2 heterocycles. The molecule has 1 aliphatic carbocycles. The van der Waals surface area contributed by atoms with Gasteiger partial charge in [-0.25, -0.2) is 4.79 Å². The average molecular weight is 361 g/mol. The Morgan fingerprint density at radius 1 is 1.53 bits per heavy atom. The van der Waals surface area contributed by atoms with E-state index < -0.39 is 6.09 Å². The number of carboxylic acid groups (broad SMARTS) is 1. The van der Waals surface area contributed by atoms with Crippen LogP contribution in [0.2, 0.25) is 0 Å². The minimum Gasteiger partial charge on any atom is -0.465 e. The lowest BCUT2D eigenvalue weighted by Crippen LogP contribution is -2.37. The molecule has 0 aromatic carbocycles. The summed E-state index contributed by atoms with van der Waals surface area (Å²) >= 11 is 6.82. The van der Waals surface area contributed by atoms with Crippen LogP contribution in [-0.2, 0) is 12.0 Å². The quantitative estimate of drug-likeness (QED) is 0.739. The van der Waals surface area contributed by atoms with Gasteiger partial charge in [-0.05, 0) is 53.2 Å². The van der Waals surface area contributed by atoms with Gasteiger partial charge in [0.25, 0.3) is 0 Å². The van der Waals surface area contributed by atoms with Crippen LogP contribution in [-0.4, -0.2) is 22.1 Å². The van der Waals surface area contributed by atoms with E-state index in [2.05, 4.69) is 27.3 Å². The Kier molecular flexibility index (Phi) is 3.61. The number of fused-ring (bicyclic) bond motifs is 2. The fraction of sp³-hybridized carbons (Fsp3) is 0.500. The second-order valence-corrected chi connectivity index (χ2v) is 8.32. The minimum atomic E-state index is -1.04. The number of amidine groups is 1. The molecule has 2 N–H and O–H groups in total. The van der Waals surface area contributed by atoms with E-state index in [-0.39, 0.29) is 5.54 Å². The number of amides is 1. The number of rotatable bonds is 0. The molecule has 1 amide bonds. The van der Waals surface area contributed by atoms with Gasteiger partial charge in [-0.1, -0.05) is 11.8 Å². The summed E-state index contributed by atoms with van der Waals surface area (Å²) in [6.45, 7) is 0. The number of hydrogen-bond acceptors (Lipinski definition) is 4. The summed E-state index contributed by atoms with van der Waals surface area (Å²) in [7, 11) is 0. The molecule has 1 aromatic heterocycles. The number of carbonyl (C=O) groups is 1. The second kappa shape index (κ2) is 5.10. The minimum absolute atomic E-state index is 0.209. The Morgan fingerprint density at radius 2 is 2.37 bits per heavy atom. The summed E-state index contributed by atoms with van der Waals surface area (Å²) in [5, 5.41) is 11.8. The van der Waals surface area contributed by atoms with Gasteiger partial charge in [0.05, 0.1) is 9.33 Å². The van der Waals surface area contributed by atoms with Gasteiger partial charge in [-0.2, -0.15) is 0 Å². The van der Waals surface area contributed by atoms with Gasteiger partial charge < -0.3 is 5.11 Å². The predicted molar refractivity (Wildman–Crippen MR) is 82.3 cm³/mol. The van der Waals surface area contributed by atoms with Crippen molar-refractivity contribution in [2.24, 2.45) is 4.99 Å². The zero-order valence-corrected chi connectivity index (χ0v) is 13.3. The van der Waals surface area contributed by atoms with Gasteiger partial charge in [0, 0.05) is 10.6 Å². The molecule has 1 spiro atoms. The molecule has 0 bridgehead atoms. The SMILES string of the molecule is O=C(O)NC1=NC2(CCCc3sc(Br)cc32)CCS1. The van der Waals surface area contributed by atoms with E-state index in [0.29, 0.717) is 5.17 Å². The number of aryl methyl sites for hydroxylation is 1. The number of hydrogen-bond donors (Lipinski definition) is 2. The molecule has 102 valence electrons. The summed E-state index contributed by atoms with van der Waals surface area (Å²) < 4.78 is 1.14. The van der Waals surface area contributed by atoms with Crippen LogP contribution >= 0.6 is 39.0 Å². The van der Waals surface area contributed by atoms with Crippen LogP contribution in [0.3, 0.4) is 0 Å². The summed E-state index contributed by atoms with van der Waals surface area (Å²) in [6.07, 6.45) is 3.19. The van der Waals surface area contributed by atoms with Crippen molar-refractivity contribution in [3.63, 3.8) is 0 Å². The summed E-state index contributed by atoms with van der Waals surface area (Å²) in [5.74, 6) is 0.909. The van der Waals surface area contributed by atoms with Gasteiger partial charge in [-0.15, -0.1) is 11.3 Å². The lowest BCUT2D eigenvalue weighted by Gasteiger charge is -2.37. The van der Waals surface area contributed by atoms with Crippen molar-refractivity contribution in [3.8, 4) is 0 Å². The third kappa shape index (κ3) is 2.55. The number of aliphatic imine (C=N–C) groups is 1. The summed E-state index contributed by atoms with van der Waals surface area (Å²) in [6, 6.07) is 2.16. The van der Waals surface area contributed by atoms with Crippen molar-refractivity contribution in [1.29, 1.82) is 0 Å². The van der Waals surface area contributed by atoms with Gasteiger partial charge >= 0.3 is 6.09 Å². The molecule has 1 atom stereocenters. The van der Waals surface area contributed by atoms with Crippen molar-refractivity contribution in [1.82, 2.24) is 5.32 Å². The van der Waals surface area contributed by atoms with Crippen molar-refractivity contribution in [3.05, 3.63) is 20.3 Å². The van der Waals surface area contributed by atoms with Crippen LogP contribution in [0, 0.1) is 0 Å². The van der Waals surface area contributed by atoms with E-state index in [4.69, 9.17) is 10.1 Å². The molecule has 0 saturated carbocycles. The lowest BCUT2D eigenvalue weighted by molar-refractivity contribution is 0.200. The fourth-order valence-corrected chi connectivity index (χ4v) is 5.65. The van der Waals surface area contributed by atoms with E-state index in [1.165, 1.54) is 22.2 Å². The van der Waals surface area contributed by atoms with Crippen molar-refractivity contribution in [2.75, 3.05) is 5.75 Å². The van der Waals surface area contributed by atoms with Gasteiger partial charge in [0.15, 0.2) is 5.17 Å². The second-order valence-electron chi connectivity index (χ2n) is 4.72. The first kappa shape index (κ1) is 13.5. The smallest absolute Gasteiger partial charge is 0.410 e. The third-order valence-corrected chi connectivity index (χ3v) is 6.13. The predicted octanol–water partition coefficient (Wildman–Crippen LogP) is 3.80. The molecule has 2 aliphatic rings. The highest BCUT2D eigenvalue weighted by molar-refractivity contribution is 9.11. The Labute approximate surface area is 127 Å². The van der Waals surface area contributed by atoms with Crippen LogP contribution in [0.1, 0.15) is 29.7 Å². The zero-order chi connectivity index (χ0) is 13.5. The first-order chi connectivity index (χ1) is 9.09. The van der Waals surface area contributed by atoms with E-state index in [9.17, 15) is 4.79 Å². The maximum atomic E-state index is 10.8. The molecule has 0 fully saturated rings. The Hall–Kier alpha value is -0.530. The van der Waals surface area contributed by atoms with E-state index in [1.54, 1.807) is 11.3 Å². The maximum absolute atomic E-state index is 10.8. The molecule has 0 radical (unpaired) electrons. The van der Waals surface area contributed by atoms with Crippen LogP contribution < -0.4 is 5.32 Å². The molecule has 1 unspecified atom stereocenters. The molecular formula is C12H13BrN2O2S2. The molecule has 0 saturated heterocycles. The molecule has 1 aliphatic heterocycles. The fourth-order valence-electron chi connectivity index (χ4n) is 2.78. The first-order valence-corrected chi connectivity index (χ1v) is 8.70. The van der Waals surface area contributed by atoms with Crippen LogP contribution in [0.25, 0.3) is 0 Å². The van der Waals surface area contributed by atoms with Crippen molar-refractivity contribution >= 4 is 50.3 Å². The molecule has 4 nitrogen and oxygen atoms in total. The highest BCUT2D eigenvalue weighted by Crippen LogP contribution is 2.48. The summed E-state index contributed by atoms with van der Waals surface area (Å²) in [4.78, 5) is 16.9. The monoisotopic (exact) mass is 360 g/mol. The zero-order valence-electron chi connectivity index (χ0n) is 10.1. The lowest BCUT2D eigenvalue weighted by atomic mass is 9.79. The Balaban J connectivity index is 2.01. The molecular weight excluding hydrogens is 348 g/mol. The molecule has 1 aromatic rings. The van der Waals surface area contributed by atoms with E-state index >= 15 is 0 Å². The maximum Gasteiger partial charge on any atom is 0.410 e. The first-order valence-electron chi connectivity index (χ1n) is 6.10. The number of thioether (sulfide) groups is 1. The van der Waals surface area contributed by atoms with Crippen molar-refractivity contribution < 1.29 is 9.90 Å². The molecule has 7 heteroatoms. The molecule has 19 heavy (non-hydrogen) atoms. The van der Waals surface area contributed by atoms with Gasteiger partial charge in [0.1, 0.15) is 0 Å². The third-order valence-electron chi connectivity index (χ3n) is 3.56. The standard InChI is InChI=1S/C12H13BrN2O2S2/c13-9-6-7-8(19-9)2-1-3-12(7)4-5-18-10(15-12)14-11(16)17/h6H,1-5H2,(H,14,15)(H,16,17). The van der Waals surface area contributed by atoms with Crippen molar-refractivity contribution in [2.45, 2.75) is 31.2 Å². The normalized spacial score (nSPS) is 25.8. The van der Waals surface area contributed by atoms with Crippen LogP contribution in [0.15, 0.2) is 14.8 Å². The highest BCUT2D eigenvalue weighted by Gasteiger charge is 2.40. The topological polar surface area (TPSA) is 61.7 Å². The highest BCUT2D eigenvalue weighted by atomic mass is 79.9. The van der Waals surface area contributed by atoms with Crippen LogP contribution in [0.5, 0.6) is 0 Å². The number of thiophene rings is 1. The molecule has 3 rings (SSSR count). The number of nitrogens with zero attached hydrogens (tertiary/aromatic N) is 1. The summed E-state index contributed by atoms with van der Waals surface area (Å²) in [5.41, 5.74) is 1.08. The number of halogens is 1.